The lowest BCUT2D eigenvalue weighted by molar-refractivity contribution is -0.111. The maximum atomic E-state index is 11.9. The van der Waals surface area contributed by atoms with E-state index in [2.05, 4.69) is 0 Å². The number of likely N-dealkylation sites (tertiary alicyclic amines) is 1. The number of hydrogen-bond donors (Lipinski definition) is 0. The summed E-state index contributed by atoms with van der Waals surface area (Å²) in [5, 5.41) is 0. The van der Waals surface area contributed by atoms with Crippen molar-refractivity contribution in [2.45, 2.75) is 51.9 Å². The van der Waals surface area contributed by atoms with Crippen LogP contribution in [0.25, 0.3) is 0 Å². The summed E-state index contributed by atoms with van der Waals surface area (Å²) < 4.78 is 10.7. The van der Waals surface area contributed by atoms with Gasteiger partial charge in [0.2, 0.25) is 0 Å². The molecule has 1 fully saturated rings. The molecule has 1 heterocycles. The third kappa shape index (κ3) is 4.00. The van der Waals surface area contributed by atoms with Gasteiger partial charge in [0.25, 0.3) is 0 Å². The van der Waals surface area contributed by atoms with Crippen molar-refractivity contribution in [1.82, 2.24) is 4.90 Å². The number of rotatable bonds is 3. The summed E-state index contributed by atoms with van der Waals surface area (Å²) >= 11 is 0. The predicted octanol–water partition coefficient (Wildman–Crippen LogP) is 1.60. The first kappa shape index (κ1) is 14.0. The molecular formula is C12H21NO4. The fraction of sp³-hybridized carbons (Fsp3) is 0.833. The van der Waals surface area contributed by atoms with E-state index in [4.69, 9.17) is 9.47 Å². The Balaban J connectivity index is 2.62. The van der Waals surface area contributed by atoms with Crippen molar-refractivity contribution in [1.29, 1.82) is 0 Å². The van der Waals surface area contributed by atoms with Crippen LogP contribution in [0, 0.1) is 0 Å². The predicted molar refractivity (Wildman–Crippen MR) is 62.8 cm³/mol. The van der Waals surface area contributed by atoms with Crippen molar-refractivity contribution in [3.8, 4) is 0 Å². The molecule has 0 aliphatic carbocycles. The molecule has 0 aromatic rings. The van der Waals surface area contributed by atoms with Gasteiger partial charge in [0, 0.05) is 13.0 Å². The Kier molecular flexibility index (Phi) is 4.51. The lowest BCUT2D eigenvalue weighted by Crippen LogP contribution is -2.40. The lowest BCUT2D eigenvalue weighted by atomic mass is 10.2. The van der Waals surface area contributed by atoms with Gasteiger partial charge in [0.05, 0.1) is 18.7 Å². The van der Waals surface area contributed by atoms with Crippen molar-refractivity contribution in [3.05, 3.63) is 0 Å². The summed E-state index contributed by atoms with van der Waals surface area (Å²) in [5.41, 5.74) is -0.547. The van der Waals surface area contributed by atoms with Crippen molar-refractivity contribution >= 4 is 12.4 Å². The second-order valence-electron chi connectivity index (χ2n) is 5.15. The second-order valence-corrected chi connectivity index (χ2v) is 5.15. The topological polar surface area (TPSA) is 55.8 Å². The molecule has 0 radical (unpaired) electrons. The Morgan fingerprint density at radius 3 is 2.59 bits per heavy atom. The van der Waals surface area contributed by atoms with Gasteiger partial charge in [-0.15, -0.1) is 0 Å². The molecule has 0 bridgehead atoms. The number of nitrogens with zero attached hydrogens (tertiary/aromatic N) is 1. The third-order valence-corrected chi connectivity index (χ3v) is 2.49. The van der Waals surface area contributed by atoms with Gasteiger partial charge in [0.1, 0.15) is 11.9 Å². The van der Waals surface area contributed by atoms with Gasteiger partial charge in [-0.05, 0) is 27.7 Å². The number of ether oxygens (including phenoxy) is 2. The minimum Gasteiger partial charge on any atom is -0.444 e. The van der Waals surface area contributed by atoms with Crippen molar-refractivity contribution < 1.29 is 19.1 Å². The van der Waals surface area contributed by atoms with Gasteiger partial charge < -0.3 is 14.3 Å². The van der Waals surface area contributed by atoms with Crippen LogP contribution < -0.4 is 0 Å². The molecule has 1 amide bonds. The van der Waals surface area contributed by atoms with Crippen LogP contribution in [0.2, 0.25) is 0 Å². The number of hydrogen-bond acceptors (Lipinski definition) is 4. The van der Waals surface area contributed by atoms with E-state index in [1.54, 1.807) is 20.8 Å². The molecule has 17 heavy (non-hydrogen) atoms. The first-order chi connectivity index (χ1) is 7.87. The summed E-state index contributed by atoms with van der Waals surface area (Å²) in [5.74, 6) is 0. The van der Waals surface area contributed by atoms with Gasteiger partial charge in [-0.2, -0.15) is 0 Å². The first-order valence-corrected chi connectivity index (χ1v) is 5.94. The molecule has 0 spiro atoms. The lowest BCUT2D eigenvalue weighted by Gasteiger charge is -2.26. The van der Waals surface area contributed by atoms with Crippen LogP contribution in [-0.2, 0) is 14.3 Å². The molecule has 2 atom stereocenters. The standard InChI is InChI=1S/C12H21NO4/c1-5-16-10-6-9(8-14)13(7-10)11(15)17-12(2,3)4/h8-10H,5-7H2,1-4H3/t9-,10+/m0/s1. The Morgan fingerprint density at radius 1 is 1.47 bits per heavy atom. The molecule has 1 aliphatic heterocycles. The molecule has 5 heteroatoms. The first-order valence-electron chi connectivity index (χ1n) is 5.94. The largest absolute Gasteiger partial charge is 0.444 e. The second kappa shape index (κ2) is 5.49. The summed E-state index contributed by atoms with van der Waals surface area (Å²) in [7, 11) is 0. The Hall–Kier alpha value is -1.10. The van der Waals surface area contributed by atoms with E-state index in [1.807, 2.05) is 6.92 Å². The molecule has 1 aliphatic rings. The molecular weight excluding hydrogens is 222 g/mol. The average Bonchev–Trinajstić information content (AvgIpc) is 2.59. The van der Waals surface area contributed by atoms with Crippen LogP contribution in [0.15, 0.2) is 0 Å². The van der Waals surface area contributed by atoms with Crippen LogP contribution in [0.5, 0.6) is 0 Å². The minimum absolute atomic E-state index is 0.0669. The maximum Gasteiger partial charge on any atom is 0.410 e. The summed E-state index contributed by atoms with van der Waals surface area (Å²) in [6.07, 6.45) is 0.819. The number of amides is 1. The molecule has 1 rings (SSSR count). The molecule has 0 N–H and O–H groups in total. The van der Waals surface area contributed by atoms with Crippen LogP contribution in [-0.4, -0.2) is 48.2 Å². The monoisotopic (exact) mass is 243 g/mol. The van der Waals surface area contributed by atoms with Crippen LogP contribution in [0.1, 0.15) is 34.1 Å². The third-order valence-electron chi connectivity index (χ3n) is 2.49. The summed E-state index contributed by atoms with van der Waals surface area (Å²) in [6.45, 7) is 8.31. The Morgan fingerprint density at radius 2 is 2.12 bits per heavy atom. The number of carbonyl (C=O) groups is 2. The molecule has 98 valence electrons. The number of aldehydes is 1. The van der Waals surface area contributed by atoms with Crippen molar-refractivity contribution in [2.24, 2.45) is 0 Å². The molecule has 1 saturated heterocycles. The van der Waals surface area contributed by atoms with Crippen LogP contribution in [0.4, 0.5) is 4.79 Å². The Bertz CT molecular complexity index is 285. The zero-order valence-corrected chi connectivity index (χ0v) is 10.9. The fourth-order valence-electron chi connectivity index (χ4n) is 1.84. The van der Waals surface area contributed by atoms with Crippen LogP contribution in [0.3, 0.4) is 0 Å². The highest BCUT2D eigenvalue weighted by Gasteiger charge is 2.37. The summed E-state index contributed by atoms with van der Waals surface area (Å²) in [4.78, 5) is 24.2. The van der Waals surface area contributed by atoms with E-state index in [-0.39, 0.29) is 6.10 Å². The molecule has 5 nitrogen and oxygen atoms in total. The average molecular weight is 243 g/mol. The van der Waals surface area contributed by atoms with Gasteiger partial charge >= 0.3 is 6.09 Å². The maximum absolute atomic E-state index is 11.9. The highest BCUT2D eigenvalue weighted by atomic mass is 16.6. The van der Waals surface area contributed by atoms with Gasteiger partial charge in [-0.3, -0.25) is 4.90 Å². The SMILES string of the molecule is CCO[C@@H]1C[C@@H](C=O)N(C(=O)OC(C)(C)C)C1. The molecule has 0 aromatic heterocycles. The van der Waals surface area contributed by atoms with E-state index in [1.165, 1.54) is 4.90 Å². The van der Waals surface area contributed by atoms with E-state index in [0.29, 0.717) is 19.6 Å². The van der Waals surface area contributed by atoms with E-state index >= 15 is 0 Å². The van der Waals surface area contributed by atoms with Gasteiger partial charge in [0.15, 0.2) is 0 Å². The molecule has 0 saturated carbocycles. The zero-order valence-electron chi connectivity index (χ0n) is 10.9. The van der Waals surface area contributed by atoms with Crippen molar-refractivity contribution in [3.63, 3.8) is 0 Å². The van der Waals surface area contributed by atoms with E-state index in [9.17, 15) is 9.59 Å². The van der Waals surface area contributed by atoms with E-state index < -0.39 is 17.7 Å². The quantitative estimate of drug-likeness (QED) is 0.706. The van der Waals surface area contributed by atoms with E-state index in [0.717, 1.165) is 6.29 Å². The van der Waals surface area contributed by atoms with Crippen LogP contribution >= 0.6 is 0 Å². The normalized spacial score (nSPS) is 24.8. The highest BCUT2D eigenvalue weighted by Crippen LogP contribution is 2.21. The molecule has 0 aromatic carbocycles. The zero-order chi connectivity index (χ0) is 13.1. The number of carbonyl (C=O) groups excluding carboxylic acids is 2. The van der Waals surface area contributed by atoms with Crippen molar-refractivity contribution in [2.75, 3.05) is 13.2 Å². The van der Waals surface area contributed by atoms with Gasteiger partial charge in [-0.25, -0.2) is 4.79 Å². The summed E-state index contributed by atoms with van der Waals surface area (Å²) in [6, 6.07) is -0.429. The highest BCUT2D eigenvalue weighted by molar-refractivity contribution is 5.74. The molecule has 0 unspecified atom stereocenters. The van der Waals surface area contributed by atoms with Gasteiger partial charge in [-0.1, -0.05) is 0 Å². The fourth-order valence-corrected chi connectivity index (χ4v) is 1.84. The Labute approximate surface area is 102 Å². The smallest absolute Gasteiger partial charge is 0.410 e. The minimum atomic E-state index is -0.547.